The number of benzene rings is 2. The first-order valence-electron chi connectivity index (χ1n) is 9.64. The predicted molar refractivity (Wildman–Crippen MR) is 113 cm³/mol. The Balaban J connectivity index is 1.84. The third-order valence-electron chi connectivity index (χ3n) is 4.82. The number of alkyl halides is 3. The minimum atomic E-state index is -6.26. The zero-order valence-corrected chi connectivity index (χ0v) is 19.4. The highest BCUT2D eigenvalue weighted by Crippen LogP contribution is 2.37. The van der Waals surface area contributed by atoms with Crippen molar-refractivity contribution < 1.29 is 49.7 Å². The fourth-order valence-electron chi connectivity index (χ4n) is 3.02. The van der Waals surface area contributed by atoms with Gasteiger partial charge >= 0.3 is 21.6 Å². The molecule has 2 aromatic carbocycles. The predicted octanol–water partition coefficient (Wildman–Crippen LogP) is 3.28. The zero-order chi connectivity index (χ0) is 25.3. The largest absolute Gasteiger partial charge is 0.525 e. The molecule has 184 valence electrons. The van der Waals surface area contributed by atoms with Gasteiger partial charge in [-0.15, -0.1) is 21.1 Å². The van der Waals surface area contributed by atoms with Crippen LogP contribution in [0.4, 0.5) is 13.2 Å². The lowest BCUT2D eigenvalue weighted by atomic mass is 9.95. The smallest absolute Gasteiger partial charge is 0.465 e. The Morgan fingerprint density at radius 3 is 2.38 bits per heavy atom. The van der Waals surface area contributed by atoms with E-state index in [1.54, 1.807) is 6.07 Å². The summed E-state index contributed by atoms with van der Waals surface area (Å²) in [6, 6.07) is 6.82. The maximum atomic E-state index is 12.7. The second-order valence-corrected chi connectivity index (χ2v) is 9.60. The molecule has 1 aliphatic rings. The number of amides is 2. The second kappa shape index (κ2) is 9.90. The van der Waals surface area contributed by atoms with Crippen molar-refractivity contribution in [1.82, 2.24) is 5.06 Å². The Morgan fingerprint density at radius 1 is 1.12 bits per heavy atom. The van der Waals surface area contributed by atoms with E-state index in [0.29, 0.717) is 16.7 Å². The summed E-state index contributed by atoms with van der Waals surface area (Å²) in [5.74, 6) is -3.33. The molecule has 1 unspecified atom stereocenters. The zero-order valence-electron chi connectivity index (χ0n) is 17.7. The molecule has 2 aromatic rings. The third kappa shape index (κ3) is 5.19. The lowest BCUT2D eigenvalue weighted by Crippen LogP contribution is -2.44. The molecule has 14 heteroatoms. The lowest BCUT2D eigenvalue weighted by Gasteiger charge is -2.26. The van der Waals surface area contributed by atoms with Gasteiger partial charge in [0.25, 0.3) is 11.8 Å². The van der Waals surface area contributed by atoms with Gasteiger partial charge < -0.3 is 9.47 Å². The Hall–Kier alpha value is -2.68. The van der Waals surface area contributed by atoms with Crippen LogP contribution < -0.4 is 0 Å². The molecule has 0 aromatic heterocycles. The molecule has 1 atom stereocenters. The molecule has 0 aliphatic carbocycles. The van der Waals surface area contributed by atoms with E-state index in [1.807, 2.05) is 6.92 Å². The van der Waals surface area contributed by atoms with Crippen molar-refractivity contribution in [2.24, 2.45) is 0 Å². The second-order valence-electron chi connectivity index (χ2n) is 7.06. The van der Waals surface area contributed by atoms with Gasteiger partial charge in [0.05, 0.1) is 29.6 Å². The van der Waals surface area contributed by atoms with Crippen LogP contribution in [0.15, 0.2) is 35.2 Å². The van der Waals surface area contributed by atoms with Gasteiger partial charge in [0, 0.05) is 23.8 Å². The number of methoxy groups -OCH3 is 1. The van der Waals surface area contributed by atoms with Gasteiger partial charge in [-0.05, 0) is 30.5 Å². The minimum absolute atomic E-state index is 0.0781. The number of carbonyl (C=O) groups is 3. The van der Waals surface area contributed by atoms with Crippen LogP contribution in [-0.2, 0) is 28.7 Å². The number of thioether (sulfide) groups is 1. The third-order valence-corrected chi connectivity index (χ3v) is 6.78. The van der Waals surface area contributed by atoms with Gasteiger partial charge in [-0.2, -0.15) is 21.6 Å². The summed E-state index contributed by atoms with van der Waals surface area (Å²) in [6.07, 6.45) is 0.437. The SMILES string of the molecule is COC(C)CCOC(=O)CSc1ccc2c3c(cccc13)C(=O)N(OS(=O)(=O)C(F)(F)F)C2=O. The number of ether oxygens (including phenoxy) is 2. The maximum absolute atomic E-state index is 12.7. The highest BCUT2D eigenvalue weighted by atomic mass is 32.2. The van der Waals surface area contributed by atoms with Gasteiger partial charge in [-0.25, -0.2) is 0 Å². The molecule has 0 fully saturated rings. The van der Waals surface area contributed by atoms with Crippen molar-refractivity contribution in [1.29, 1.82) is 0 Å². The number of hydroxylamine groups is 2. The molecular formula is C20H18F3NO8S2. The van der Waals surface area contributed by atoms with Crippen molar-refractivity contribution in [3.8, 4) is 0 Å². The molecule has 0 saturated carbocycles. The van der Waals surface area contributed by atoms with E-state index in [-0.39, 0.29) is 35.0 Å². The molecule has 3 rings (SSSR count). The maximum Gasteiger partial charge on any atom is 0.525 e. The quantitative estimate of drug-likeness (QED) is 0.212. The van der Waals surface area contributed by atoms with E-state index >= 15 is 0 Å². The highest BCUT2D eigenvalue weighted by Gasteiger charge is 2.51. The van der Waals surface area contributed by atoms with Gasteiger partial charge in [-0.3, -0.25) is 14.4 Å². The summed E-state index contributed by atoms with van der Waals surface area (Å²) in [5, 5.41) is 0.0559. The molecule has 0 saturated heterocycles. The molecule has 0 radical (unpaired) electrons. The van der Waals surface area contributed by atoms with Crippen LogP contribution in [0.1, 0.15) is 34.1 Å². The van der Waals surface area contributed by atoms with Crippen molar-refractivity contribution in [2.75, 3.05) is 19.5 Å². The minimum Gasteiger partial charge on any atom is -0.465 e. The first kappa shape index (κ1) is 25.9. The Bertz CT molecular complexity index is 1220. The van der Waals surface area contributed by atoms with E-state index in [1.165, 1.54) is 31.4 Å². The molecule has 0 spiro atoms. The average molecular weight is 521 g/mol. The summed E-state index contributed by atoms with van der Waals surface area (Å²) >= 11 is 1.07. The van der Waals surface area contributed by atoms with E-state index in [4.69, 9.17) is 9.47 Å². The summed E-state index contributed by atoms with van der Waals surface area (Å²) < 4.78 is 74.8. The summed E-state index contributed by atoms with van der Waals surface area (Å²) in [6.45, 7) is 1.99. The van der Waals surface area contributed by atoms with Gasteiger partial charge in [0.2, 0.25) is 0 Å². The summed E-state index contributed by atoms with van der Waals surface area (Å²) in [7, 11) is -4.72. The summed E-state index contributed by atoms with van der Waals surface area (Å²) in [4.78, 5) is 37.8. The number of halogens is 3. The average Bonchev–Trinajstić information content (AvgIpc) is 2.78. The van der Waals surface area contributed by atoms with Gasteiger partial charge in [0.15, 0.2) is 0 Å². The van der Waals surface area contributed by atoms with Gasteiger partial charge in [-0.1, -0.05) is 12.1 Å². The number of rotatable bonds is 9. The van der Waals surface area contributed by atoms with E-state index in [0.717, 1.165) is 11.8 Å². The molecule has 2 amide bonds. The normalized spacial score (nSPS) is 15.0. The standard InChI is InChI=1S/C20H18F3NO8S2/c1-11(30-2)8-9-31-16(25)10-33-15-7-6-14-17-12(15)4-3-5-13(17)18(26)24(19(14)27)32-34(28,29)20(21,22)23/h3-7,11H,8-10H2,1-2H3. The number of nitrogens with zero attached hydrogens (tertiary/aromatic N) is 1. The molecule has 1 heterocycles. The van der Waals surface area contributed by atoms with Crippen LogP contribution in [0.3, 0.4) is 0 Å². The molecule has 34 heavy (non-hydrogen) atoms. The molecule has 9 nitrogen and oxygen atoms in total. The highest BCUT2D eigenvalue weighted by molar-refractivity contribution is 8.00. The van der Waals surface area contributed by atoms with Gasteiger partial charge in [0.1, 0.15) is 0 Å². The van der Waals surface area contributed by atoms with Crippen molar-refractivity contribution in [3.63, 3.8) is 0 Å². The Labute approximate surface area is 196 Å². The number of hydrogen-bond donors (Lipinski definition) is 0. The number of hydrogen-bond acceptors (Lipinski definition) is 9. The molecule has 1 aliphatic heterocycles. The first-order valence-corrected chi connectivity index (χ1v) is 12.0. The number of carbonyl (C=O) groups excluding carboxylic acids is 3. The van der Waals surface area contributed by atoms with E-state index in [9.17, 15) is 36.0 Å². The first-order chi connectivity index (χ1) is 15.9. The van der Waals surface area contributed by atoms with E-state index in [2.05, 4.69) is 4.28 Å². The van der Waals surface area contributed by atoms with Crippen LogP contribution in [0.25, 0.3) is 10.8 Å². The van der Waals surface area contributed by atoms with Crippen molar-refractivity contribution >= 4 is 50.4 Å². The Morgan fingerprint density at radius 2 is 1.76 bits per heavy atom. The van der Waals surface area contributed by atoms with Crippen LogP contribution in [0.5, 0.6) is 0 Å². The van der Waals surface area contributed by atoms with E-state index < -0.39 is 38.5 Å². The number of esters is 1. The van der Waals surface area contributed by atoms with Crippen LogP contribution in [0.2, 0.25) is 0 Å². The topological polar surface area (TPSA) is 116 Å². The monoisotopic (exact) mass is 521 g/mol. The molecular weight excluding hydrogens is 503 g/mol. The number of imide groups is 1. The molecule has 0 bridgehead atoms. The Kier molecular flexibility index (Phi) is 7.55. The summed E-state index contributed by atoms with van der Waals surface area (Å²) in [5.41, 5.74) is -6.30. The van der Waals surface area contributed by atoms with Crippen molar-refractivity contribution in [3.05, 3.63) is 41.5 Å². The van der Waals surface area contributed by atoms with Crippen molar-refractivity contribution in [2.45, 2.75) is 29.9 Å². The van der Waals surface area contributed by atoms with Crippen LogP contribution in [0, 0.1) is 0 Å². The fraction of sp³-hybridized carbons (Fsp3) is 0.350. The molecule has 0 N–H and O–H groups in total. The van der Waals surface area contributed by atoms with Crippen LogP contribution in [-0.4, -0.2) is 62.3 Å². The van der Waals surface area contributed by atoms with Crippen LogP contribution >= 0.6 is 11.8 Å². The lowest BCUT2D eigenvalue weighted by molar-refractivity contribution is -0.141. The fourth-order valence-corrected chi connectivity index (χ4v) is 4.28.